The zero-order valence-electron chi connectivity index (χ0n) is 9.82. The highest BCUT2D eigenvalue weighted by Crippen LogP contribution is 2.03. The summed E-state index contributed by atoms with van der Waals surface area (Å²) in [5.74, 6) is -1.21. The Morgan fingerprint density at radius 1 is 1.24 bits per heavy atom. The highest BCUT2D eigenvalue weighted by atomic mass is 16.4. The number of hydrogen-bond donors (Lipinski definition) is 2. The summed E-state index contributed by atoms with van der Waals surface area (Å²) >= 11 is 0. The molecule has 0 unspecified atom stereocenters. The molecule has 5 heteroatoms. The molecule has 0 spiro atoms. The molecule has 0 fully saturated rings. The monoisotopic (exact) mass is 235 g/mol. The SMILES string of the molecule is CC(C)NC(=O)NCc1ccc(C(=O)[O-])cc1. The molecule has 5 nitrogen and oxygen atoms in total. The van der Waals surface area contributed by atoms with Crippen molar-refractivity contribution in [1.82, 2.24) is 10.6 Å². The molecule has 0 aliphatic rings. The van der Waals surface area contributed by atoms with E-state index in [1.807, 2.05) is 13.8 Å². The van der Waals surface area contributed by atoms with E-state index in [1.165, 1.54) is 12.1 Å². The second-order valence-corrected chi connectivity index (χ2v) is 3.97. The van der Waals surface area contributed by atoms with Gasteiger partial charge in [-0.05, 0) is 25.0 Å². The van der Waals surface area contributed by atoms with Crippen LogP contribution >= 0.6 is 0 Å². The van der Waals surface area contributed by atoms with E-state index in [2.05, 4.69) is 10.6 Å². The topological polar surface area (TPSA) is 81.3 Å². The molecule has 1 aromatic rings. The quantitative estimate of drug-likeness (QED) is 0.785. The summed E-state index contributed by atoms with van der Waals surface area (Å²) in [6.45, 7) is 4.09. The van der Waals surface area contributed by atoms with Crippen molar-refractivity contribution in [2.45, 2.75) is 26.4 Å². The number of hydrogen-bond acceptors (Lipinski definition) is 3. The molecule has 0 aliphatic heterocycles. The number of carbonyl (C=O) groups excluding carboxylic acids is 2. The smallest absolute Gasteiger partial charge is 0.315 e. The fraction of sp³-hybridized carbons (Fsp3) is 0.333. The number of aromatic carboxylic acids is 1. The van der Waals surface area contributed by atoms with E-state index in [9.17, 15) is 14.7 Å². The van der Waals surface area contributed by atoms with Crippen LogP contribution in [-0.4, -0.2) is 18.0 Å². The molecule has 0 aliphatic carbocycles. The van der Waals surface area contributed by atoms with Crippen LogP contribution in [-0.2, 0) is 6.54 Å². The lowest BCUT2D eigenvalue weighted by Gasteiger charge is -2.10. The van der Waals surface area contributed by atoms with Crippen molar-refractivity contribution in [2.24, 2.45) is 0 Å². The third-order valence-electron chi connectivity index (χ3n) is 2.06. The van der Waals surface area contributed by atoms with Gasteiger partial charge in [-0.1, -0.05) is 24.3 Å². The van der Waals surface area contributed by atoms with E-state index in [1.54, 1.807) is 12.1 Å². The Morgan fingerprint density at radius 3 is 2.29 bits per heavy atom. The highest BCUT2D eigenvalue weighted by Gasteiger charge is 2.02. The third-order valence-corrected chi connectivity index (χ3v) is 2.06. The van der Waals surface area contributed by atoms with Crippen LogP contribution in [0.3, 0.4) is 0 Å². The lowest BCUT2D eigenvalue weighted by Crippen LogP contribution is -2.39. The first-order chi connectivity index (χ1) is 7.99. The van der Waals surface area contributed by atoms with Crippen molar-refractivity contribution in [3.63, 3.8) is 0 Å². The Hall–Kier alpha value is -2.04. The van der Waals surface area contributed by atoms with Gasteiger partial charge in [0.1, 0.15) is 0 Å². The first-order valence-corrected chi connectivity index (χ1v) is 5.33. The first kappa shape index (κ1) is 13.0. The average Bonchev–Trinajstić information content (AvgIpc) is 2.26. The van der Waals surface area contributed by atoms with Crippen molar-refractivity contribution in [3.05, 3.63) is 35.4 Å². The lowest BCUT2D eigenvalue weighted by atomic mass is 10.1. The predicted molar refractivity (Wildman–Crippen MR) is 61.3 cm³/mol. The Bertz CT molecular complexity index is 399. The predicted octanol–water partition coefficient (Wildman–Crippen LogP) is 0.258. The van der Waals surface area contributed by atoms with Crippen molar-refractivity contribution < 1.29 is 14.7 Å². The number of urea groups is 1. The van der Waals surface area contributed by atoms with Crippen LogP contribution in [0.2, 0.25) is 0 Å². The van der Waals surface area contributed by atoms with Gasteiger partial charge in [0.25, 0.3) is 0 Å². The number of carboxylic acid groups (broad SMARTS) is 1. The normalized spacial score (nSPS) is 10.1. The minimum Gasteiger partial charge on any atom is -0.545 e. The van der Waals surface area contributed by atoms with E-state index in [4.69, 9.17) is 0 Å². The van der Waals surface area contributed by atoms with E-state index in [0.29, 0.717) is 6.54 Å². The lowest BCUT2D eigenvalue weighted by molar-refractivity contribution is -0.255. The van der Waals surface area contributed by atoms with Gasteiger partial charge in [-0.2, -0.15) is 0 Å². The zero-order chi connectivity index (χ0) is 12.8. The Labute approximate surface area is 99.8 Å². The van der Waals surface area contributed by atoms with Crippen LogP contribution < -0.4 is 15.7 Å². The van der Waals surface area contributed by atoms with Gasteiger partial charge in [-0.25, -0.2) is 4.79 Å². The number of benzene rings is 1. The van der Waals surface area contributed by atoms with Gasteiger partial charge < -0.3 is 20.5 Å². The Kier molecular flexibility index (Phi) is 4.51. The molecular weight excluding hydrogens is 220 g/mol. The molecule has 2 amide bonds. The minimum absolute atomic E-state index is 0.0791. The molecule has 0 heterocycles. The van der Waals surface area contributed by atoms with Crippen LogP contribution in [0.4, 0.5) is 4.79 Å². The molecule has 0 saturated heterocycles. The van der Waals surface area contributed by atoms with E-state index in [-0.39, 0.29) is 17.6 Å². The summed E-state index contributed by atoms with van der Waals surface area (Å²) in [7, 11) is 0. The summed E-state index contributed by atoms with van der Waals surface area (Å²) in [5, 5.41) is 15.9. The third kappa shape index (κ3) is 4.55. The molecule has 0 atom stereocenters. The maximum atomic E-state index is 11.3. The summed E-state index contributed by atoms with van der Waals surface area (Å²) in [6.07, 6.45) is 0. The fourth-order valence-electron chi connectivity index (χ4n) is 1.25. The fourth-order valence-corrected chi connectivity index (χ4v) is 1.25. The standard InChI is InChI=1S/C12H16N2O3/c1-8(2)14-12(17)13-7-9-3-5-10(6-4-9)11(15)16/h3-6,8H,7H2,1-2H3,(H,15,16)(H2,13,14,17)/p-1. The van der Waals surface area contributed by atoms with Crippen molar-refractivity contribution >= 4 is 12.0 Å². The van der Waals surface area contributed by atoms with Gasteiger partial charge >= 0.3 is 6.03 Å². The van der Waals surface area contributed by atoms with Crippen LogP contribution in [0.1, 0.15) is 29.8 Å². The van der Waals surface area contributed by atoms with Gasteiger partial charge in [0.05, 0.1) is 5.97 Å². The van der Waals surface area contributed by atoms with Crippen LogP contribution in [0.15, 0.2) is 24.3 Å². The van der Waals surface area contributed by atoms with Crippen molar-refractivity contribution in [2.75, 3.05) is 0 Å². The van der Waals surface area contributed by atoms with E-state index >= 15 is 0 Å². The minimum atomic E-state index is -1.21. The molecule has 1 rings (SSSR count). The average molecular weight is 235 g/mol. The largest absolute Gasteiger partial charge is 0.545 e. The maximum Gasteiger partial charge on any atom is 0.315 e. The number of nitrogens with one attached hydrogen (secondary N) is 2. The molecule has 92 valence electrons. The van der Waals surface area contributed by atoms with Gasteiger partial charge in [-0.3, -0.25) is 0 Å². The van der Waals surface area contributed by atoms with Crippen molar-refractivity contribution in [3.8, 4) is 0 Å². The maximum absolute atomic E-state index is 11.3. The molecule has 0 bridgehead atoms. The number of carboxylic acids is 1. The molecule has 0 aromatic heterocycles. The van der Waals surface area contributed by atoms with E-state index < -0.39 is 5.97 Å². The number of amides is 2. The summed E-state index contributed by atoms with van der Waals surface area (Å²) in [5.41, 5.74) is 0.953. The van der Waals surface area contributed by atoms with Gasteiger partial charge in [0.2, 0.25) is 0 Å². The molecule has 1 aromatic carbocycles. The second-order valence-electron chi connectivity index (χ2n) is 3.97. The molecule has 2 N–H and O–H groups in total. The van der Waals surface area contributed by atoms with Crippen molar-refractivity contribution in [1.29, 1.82) is 0 Å². The van der Waals surface area contributed by atoms with Crippen LogP contribution in [0.25, 0.3) is 0 Å². The van der Waals surface area contributed by atoms with Gasteiger partial charge in [0.15, 0.2) is 0 Å². The van der Waals surface area contributed by atoms with Gasteiger partial charge in [-0.15, -0.1) is 0 Å². The second kappa shape index (κ2) is 5.89. The summed E-state index contributed by atoms with van der Waals surface area (Å²) in [4.78, 5) is 21.8. The van der Waals surface area contributed by atoms with E-state index in [0.717, 1.165) is 5.56 Å². The molecule has 0 radical (unpaired) electrons. The van der Waals surface area contributed by atoms with Crippen LogP contribution in [0, 0.1) is 0 Å². The zero-order valence-corrected chi connectivity index (χ0v) is 9.82. The number of carbonyl (C=O) groups is 2. The summed E-state index contributed by atoms with van der Waals surface area (Å²) < 4.78 is 0. The Morgan fingerprint density at radius 2 is 1.82 bits per heavy atom. The number of rotatable bonds is 4. The molecule has 17 heavy (non-hydrogen) atoms. The first-order valence-electron chi connectivity index (χ1n) is 5.33. The molecular formula is C12H15N2O3-. The highest BCUT2D eigenvalue weighted by molar-refractivity contribution is 5.85. The van der Waals surface area contributed by atoms with Gasteiger partial charge in [0, 0.05) is 12.6 Å². The summed E-state index contributed by atoms with van der Waals surface area (Å²) in [6, 6.07) is 6.01. The molecule has 0 saturated carbocycles. The van der Waals surface area contributed by atoms with Crippen LogP contribution in [0.5, 0.6) is 0 Å². The Balaban J connectivity index is 2.47.